The molecule has 4 heterocycles. The van der Waals surface area contributed by atoms with Crippen molar-refractivity contribution in [3.8, 4) is 5.69 Å². The van der Waals surface area contributed by atoms with Crippen molar-refractivity contribution in [1.82, 2.24) is 23.3 Å². The second kappa shape index (κ2) is 10.4. The van der Waals surface area contributed by atoms with E-state index in [2.05, 4.69) is 10.2 Å². The first-order valence-electron chi connectivity index (χ1n) is 14.3. The Bertz CT molecular complexity index is 2110. The standard InChI is InChI=1S/C31H28F3N5O5S/c1-19-7-9-22(10-8-19)45(41,42)39-25(28-43-13-14-44-28)16-23-24(31(32,33)34)17-38(27(40)26(23)39)21-6-3-5-20(15-21)30(11-4-12-30)29-36-35-18-37(29)2/h3,5-10,15-18,28H,4,11-14H2,1-2H3. The van der Waals surface area contributed by atoms with E-state index in [1.807, 2.05) is 17.7 Å². The number of benzene rings is 2. The third kappa shape index (κ3) is 4.61. The summed E-state index contributed by atoms with van der Waals surface area (Å²) in [6.45, 7) is 1.98. The topological polar surface area (TPSA) is 110 Å². The first-order valence-corrected chi connectivity index (χ1v) is 15.7. The van der Waals surface area contributed by atoms with E-state index in [1.165, 1.54) is 18.2 Å². The lowest BCUT2D eigenvalue weighted by molar-refractivity contribution is -0.136. The number of ether oxygens (including phenoxy) is 2. The number of halogens is 3. The van der Waals surface area contributed by atoms with Gasteiger partial charge in [-0.25, -0.2) is 12.4 Å². The molecule has 45 heavy (non-hydrogen) atoms. The van der Waals surface area contributed by atoms with E-state index in [0.717, 1.165) is 47.2 Å². The number of pyridine rings is 1. The predicted molar refractivity (Wildman–Crippen MR) is 157 cm³/mol. The molecule has 0 amide bonds. The number of aryl methyl sites for hydroxylation is 2. The van der Waals surface area contributed by atoms with Crippen molar-refractivity contribution in [1.29, 1.82) is 0 Å². The minimum Gasteiger partial charge on any atom is -0.345 e. The third-order valence-electron chi connectivity index (χ3n) is 8.71. The summed E-state index contributed by atoms with van der Waals surface area (Å²) in [5.74, 6) is 0.712. The Morgan fingerprint density at radius 2 is 1.73 bits per heavy atom. The average Bonchev–Trinajstić information content (AvgIpc) is 3.73. The van der Waals surface area contributed by atoms with Crippen molar-refractivity contribution in [3.05, 3.63) is 106 Å². The van der Waals surface area contributed by atoms with Crippen LogP contribution in [0.1, 0.15) is 53.8 Å². The van der Waals surface area contributed by atoms with Crippen LogP contribution in [0.3, 0.4) is 0 Å². The molecular formula is C31H28F3N5O5S. The fourth-order valence-corrected chi connectivity index (χ4v) is 7.84. The Hall–Kier alpha value is -4.27. The number of hydrogen-bond donors (Lipinski definition) is 0. The van der Waals surface area contributed by atoms with Crippen LogP contribution in [0.4, 0.5) is 13.2 Å². The number of alkyl halides is 3. The highest BCUT2D eigenvalue weighted by molar-refractivity contribution is 7.90. The summed E-state index contributed by atoms with van der Waals surface area (Å²) < 4.78 is 86.9. The van der Waals surface area contributed by atoms with Gasteiger partial charge in [0.15, 0.2) is 6.29 Å². The minimum absolute atomic E-state index is 0.104. The zero-order chi connectivity index (χ0) is 31.7. The van der Waals surface area contributed by atoms with Crippen molar-refractivity contribution < 1.29 is 31.1 Å². The maximum absolute atomic E-state index is 14.7. The highest BCUT2D eigenvalue weighted by Crippen LogP contribution is 2.48. The second-order valence-electron chi connectivity index (χ2n) is 11.5. The number of rotatable bonds is 6. The van der Waals surface area contributed by atoms with Crippen LogP contribution < -0.4 is 5.56 Å². The molecule has 234 valence electrons. The first kappa shape index (κ1) is 29.4. The molecule has 2 aliphatic rings. The fourth-order valence-electron chi connectivity index (χ4n) is 6.32. The molecule has 3 aromatic heterocycles. The molecule has 1 aliphatic heterocycles. The lowest BCUT2D eigenvalue weighted by Gasteiger charge is -2.41. The molecule has 1 aliphatic carbocycles. The summed E-state index contributed by atoms with van der Waals surface area (Å²) in [7, 11) is -2.77. The Morgan fingerprint density at radius 3 is 2.33 bits per heavy atom. The van der Waals surface area contributed by atoms with Gasteiger partial charge in [-0.05, 0) is 55.7 Å². The maximum atomic E-state index is 14.7. The van der Waals surface area contributed by atoms with Crippen molar-refractivity contribution in [2.24, 2.45) is 7.05 Å². The summed E-state index contributed by atoms with van der Waals surface area (Å²) in [6.07, 6.45) is -1.51. The van der Waals surface area contributed by atoms with Gasteiger partial charge in [-0.2, -0.15) is 13.2 Å². The zero-order valence-corrected chi connectivity index (χ0v) is 25.1. The molecule has 0 bridgehead atoms. The van der Waals surface area contributed by atoms with Crippen LogP contribution in [0, 0.1) is 6.92 Å². The number of fused-ring (bicyclic) bond motifs is 1. The average molecular weight is 640 g/mol. The molecule has 2 fully saturated rings. The monoisotopic (exact) mass is 639 g/mol. The summed E-state index contributed by atoms with van der Waals surface area (Å²) >= 11 is 0. The Balaban J connectivity index is 1.51. The van der Waals surface area contributed by atoms with E-state index in [4.69, 9.17) is 9.47 Å². The largest absolute Gasteiger partial charge is 0.418 e. The van der Waals surface area contributed by atoms with Gasteiger partial charge in [0.1, 0.15) is 17.7 Å². The molecule has 1 saturated carbocycles. The predicted octanol–water partition coefficient (Wildman–Crippen LogP) is 5.00. The van der Waals surface area contributed by atoms with Crippen molar-refractivity contribution in [2.75, 3.05) is 13.2 Å². The third-order valence-corrected chi connectivity index (χ3v) is 10.4. The quantitative estimate of drug-likeness (QED) is 0.257. The molecule has 0 spiro atoms. The molecule has 1 saturated heterocycles. The molecule has 7 rings (SSSR count). The van der Waals surface area contributed by atoms with Gasteiger partial charge < -0.3 is 14.0 Å². The summed E-state index contributed by atoms with van der Waals surface area (Å²) in [5.41, 5.74) is -1.85. The molecule has 0 unspecified atom stereocenters. The molecule has 0 atom stereocenters. The Morgan fingerprint density at radius 1 is 1.02 bits per heavy atom. The number of aromatic nitrogens is 5. The normalized spacial score (nSPS) is 17.2. The maximum Gasteiger partial charge on any atom is 0.418 e. The number of nitrogens with zero attached hydrogens (tertiary/aromatic N) is 5. The Kier molecular flexibility index (Phi) is 6.80. The summed E-state index contributed by atoms with van der Waals surface area (Å²) in [4.78, 5) is 14.1. The first-order chi connectivity index (χ1) is 21.4. The minimum atomic E-state index is -4.94. The molecule has 14 heteroatoms. The zero-order valence-electron chi connectivity index (χ0n) is 24.3. The van der Waals surface area contributed by atoms with Crippen molar-refractivity contribution in [2.45, 2.75) is 49.0 Å². The van der Waals surface area contributed by atoms with Gasteiger partial charge in [-0.3, -0.25) is 9.36 Å². The molecule has 2 aromatic carbocycles. The molecule has 0 N–H and O–H groups in total. The highest BCUT2D eigenvalue weighted by Gasteiger charge is 2.44. The smallest absolute Gasteiger partial charge is 0.345 e. The van der Waals surface area contributed by atoms with Crippen molar-refractivity contribution >= 4 is 20.9 Å². The fraction of sp³-hybridized carbons (Fsp3) is 0.323. The number of hydrogen-bond acceptors (Lipinski definition) is 7. The van der Waals surface area contributed by atoms with Crippen LogP contribution in [0.15, 0.2) is 76.8 Å². The van der Waals surface area contributed by atoms with Gasteiger partial charge >= 0.3 is 6.18 Å². The van der Waals surface area contributed by atoms with Crippen LogP contribution in [0.25, 0.3) is 16.6 Å². The van der Waals surface area contributed by atoms with Crippen LogP contribution in [0.2, 0.25) is 0 Å². The van der Waals surface area contributed by atoms with Crippen molar-refractivity contribution in [3.63, 3.8) is 0 Å². The van der Waals surface area contributed by atoms with Gasteiger partial charge in [0, 0.05) is 24.3 Å². The van der Waals surface area contributed by atoms with Crippen LogP contribution >= 0.6 is 0 Å². The van der Waals surface area contributed by atoms with E-state index in [0.29, 0.717) is 9.80 Å². The van der Waals surface area contributed by atoms with Gasteiger partial charge in [0.05, 0.1) is 34.8 Å². The van der Waals surface area contributed by atoms with Gasteiger partial charge in [-0.1, -0.05) is 36.2 Å². The van der Waals surface area contributed by atoms with E-state index in [-0.39, 0.29) is 29.5 Å². The second-order valence-corrected chi connectivity index (χ2v) is 13.2. The van der Waals surface area contributed by atoms with Gasteiger partial charge in [0.2, 0.25) is 0 Å². The van der Waals surface area contributed by atoms with E-state index >= 15 is 0 Å². The van der Waals surface area contributed by atoms with Crippen LogP contribution in [0.5, 0.6) is 0 Å². The van der Waals surface area contributed by atoms with E-state index in [9.17, 15) is 26.4 Å². The molecular weight excluding hydrogens is 611 g/mol. The molecule has 0 radical (unpaired) electrons. The van der Waals surface area contributed by atoms with Gasteiger partial charge in [-0.15, -0.1) is 10.2 Å². The Labute approximate surface area is 255 Å². The SMILES string of the molecule is Cc1ccc(S(=O)(=O)n2c(C3OCCO3)cc3c(C(F)(F)F)cn(-c4cccc(C5(c6nncn6C)CCC5)c4)c(=O)c32)cc1. The van der Waals surface area contributed by atoms with Crippen LogP contribution in [-0.2, 0) is 38.1 Å². The lowest BCUT2D eigenvalue weighted by atomic mass is 9.63. The molecule has 10 nitrogen and oxygen atoms in total. The van der Waals surface area contributed by atoms with E-state index < -0.39 is 49.9 Å². The van der Waals surface area contributed by atoms with E-state index in [1.54, 1.807) is 37.5 Å². The summed E-state index contributed by atoms with van der Waals surface area (Å²) in [5, 5.41) is 7.75. The highest BCUT2D eigenvalue weighted by atomic mass is 32.2. The lowest BCUT2D eigenvalue weighted by Crippen LogP contribution is -2.38. The summed E-state index contributed by atoms with van der Waals surface area (Å²) in [6, 6.07) is 13.5. The van der Waals surface area contributed by atoms with Crippen LogP contribution in [-0.4, -0.2) is 44.9 Å². The molecule has 5 aromatic rings. The van der Waals surface area contributed by atoms with Gasteiger partial charge in [0.25, 0.3) is 15.6 Å².